The van der Waals surface area contributed by atoms with Crippen LogP contribution in [0.15, 0.2) is 0 Å². The highest BCUT2D eigenvalue weighted by Crippen LogP contribution is 2.18. The Morgan fingerprint density at radius 2 is 1.80 bits per heavy atom. The summed E-state index contributed by atoms with van der Waals surface area (Å²) in [6.45, 7) is 11.9. The minimum absolute atomic E-state index is 0.795. The standard InChI is InChI=1S/C13H28N2/c1-4-8-15(9-5-2)11-12(3)10-14-13-6-7-13/h12-14H,4-11H2,1-3H3. The van der Waals surface area contributed by atoms with Crippen molar-refractivity contribution in [2.24, 2.45) is 5.92 Å². The Balaban J connectivity index is 2.09. The van der Waals surface area contributed by atoms with Gasteiger partial charge in [-0.3, -0.25) is 0 Å². The average molecular weight is 212 g/mol. The second-order valence-corrected chi connectivity index (χ2v) is 5.09. The van der Waals surface area contributed by atoms with Gasteiger partial charge in [0.15, 0.2) is 0 Å². The van der Waals surface area contributed by atoms with Gasteiger partial charge in [0.05, 0.1) is 0 Å². The largest absolute Gasteiger partial charge is 0.314 e. The monoisotopic (exact) mass is 212 g/mol. The summed E-state index contributed by atoms with van der Waals surface area (Å²) in [5.74, 6) is 0.795. The van der Waals surface area contributed by atoms with E-state index in [1.54, 1.807) is 0 Å². The Kier molecular flexibility index (Phi) is 6.26. The second kappa shape index (κ2) is 7.24. The molecule has 0 saturated heterocycles. The first-order valence-corrected chi connectivity index (χ1v) is 6.72. The minimum Gasteiger partial charge on any atom is -0.314 e. The summed E-state index contributed by atoms with van der Waals surface area (Å²) in [5.41, 5.74) is 0. The minimum atomic E-state index is 0.795. The predicted octanol–water partition coefficient (Wildman–Crippen LogP) is 2.50. The lowest BCUT2D eigenvalue weighted by Gasteiger charge is -2.25. The van der Waals surface area contributed by atoms with Crippen molar-refractivity contribution < 1.29 is 0 Å². The lowest BCUT2D eigenvalue weighted by molar-refractivity contribution is 0.235. The van der Waals surface area contributed by atoms with Crippen molar-refractivity contribution in [3.8, 4) is 0 Å². The molecule has 0 aromatic carbocycles. The molecule has 0 aromatic rings. The van der Waals surface area contributed by atoms with Crippen molar-refractivity contribution in [3.05, 3.63) is 0 Å². The Hall–Kier alpha value is -0.0800. The van der Waals surface area contributed by atoms with Gasteiger partial charge in [-0.05, 0) is 51.2 Å². The van der Waals surface area contributed by atoms with Crippen LogP contribution in [0.1, 0.15) is 46.5 Å². The molecule has 0 amide bonds. The van der Waals surface area contributed by atoms with Crippen LogP contribution in [0.3, 0.4) is 0 Å². The highest BCUT2D eigenvalue weighted by atomic mass is 15.1. The van der Waals surface area contributed by atoms with Gasteiger partial charge in [0.2, 0.25) is 0 Å². The molecule has 90 valence electrons. The Bertz CT molecular complexity index is 149. The van der Waals surface area contributed by atoms with Gasteiger partial charge in [0, 0.05) is 12.6 Å². The molecule has 0 aliphatic heterocycles. The molecule has 1 atom stereocenters. The summed E-state index contributed by atoms with van der Waals surface area (Å²) >= 11 is 0. The predicted molar refractivity (Wildman–Crippen MR) is 67.2 cm³/mol. The molecule has 1 rings (SSSR count). The lowest BCUT2D eigenvalue weighted by atomic mass is 10.1. The highest BCUT2D eigenvalue weighted by Gasteiger charge is 2.21. The molecule has 1 saturated carbocycles. The molecular weight excluding hydrogens is 184 g/mol. The summed E-state index contributed by atoms with van der Waals surface area (Å²) in [7, 11) is 0. The van der Waals surface area contributed by atoms with Crippen molar-refractivity contribution >= 4 is 0 Å². The van der Waals surface area contributed by atoms with E-state index in [-0.39, 0.29) is 0 Å². The van der Waals surface area contributed by atoms with E-state index < -0.39 is 0 Å². The molecule has 1 aliphatic rings. The van der Waals surface area contributed by atoms with Crippen molar-refractivity contribution in [1.29, 1.82) is 0 Å². The Labute approximate surface area is 95.4 Å². The summed E-state index contributed by atoms with van der Waals surface area (Å²) < 4.78 is 0. The SMILES string of the molecule is CCCN(CCC)CC(C)CNC1CC1. The van der Waals surface area contributed by atoms with E-state index in [9.17, 15) is 0 Å². The molecule has 1 fully saturated rings. The number of rotatable bonds is 9. The summed E-state index contributed by atoms with van der Waals surface area (Å²) in [4.78, 5) is 2.61. The van der Waals surface area contributed by atoms with Crippen LogP contribution in [-0.4, -0.2) is 37.1 Å². The van der Waals surface area contributed by atoms with Crippen LogP contribution in [0.5, 0.6) is 0 Å². The van der Waals surface area contributed by atoms with Crippen LogP contribution >= 0.6 is 0 Å². The second-order valence-electron chi connectivity index (χ2n) is 5.09. The van der Waals surface area contributed by atoms with E-state index >= 15 is 0 Å². The normalized spacial score (nSPS) is 18.4. The molecular formula is C13H28N2. The molecule has 0 aromatic heterocycles. The van der Waals surface area contributed by atoms with Gasteiger partial charge in [-0.15, -0.1) is 0 Å². The van der Waals surface area contributed by atoms with Gasteiger partial charge in [0.25, 0.3) is 0 Å². The molecule has 1 N–H and O–H groups in total. The van der Waals surface area contributed by atoms with E-state index in [0.717, 1.165) is 12.0 Å². The molecule has 15 heavy (non-hydrogen) atoms. The fraction of sp³-hybridized carbons (Fsp3) is 1.00. The summed E-state index contributed by atoms with van der Waals surface area (Å²) in [6, 6.07) is 0.859. The first-order valence-electron chi connectivity index (χ1n) is 6.72. The zero-order chi connectivity index (χ0) is 11.1. The third-order valence-electron chi connectivity index (χ3n) is 2.98. The Morgan fingerprint density at radius 1 is 1.20 bits per heavy atom. The smallest absolute Gasteiger partial charge is 0.00683 e. The first-order chi connectivity index (χ1) is 7.26. The molecule has 0 bridgehead atoms. The van der Waals surface area contributed by atoms with Crippen molar-refractivity contribution in [1.82, 2.24) is 10.2 Å². The van der Waals surface area contributed by atoms with E-state index in [4.69, 9.17) is 0 Å². The van der Waals surface area contributed by atoms with Gasteiger partial charge in [-0.1, -0.05) is 20.8 Å². The van der Waals surface area contributed by atoms with E-state index in [1.807, 2.05) is 0 Å². The van der Waals surface area contributed by atoms with Crippen molar-refractivity contribution in [3.63, 3.8) is 0 Å². The molecule has 0 spiro atoms. The maximum absolute atomic E-state index is 3.62. The average Bonchev–Trinajstić information content (AvgIpc) is 2.99. The highest BCUT2D eigenvalue weighted by molar-refractivity contribution is 4.81. The Morgan fingerprint density at radius 3 is 2.27 bits per heavy atom. The van der Waals surface area contributed by atoms with Gasteiger partial charge in [-0.2, -0.15) is 0 Å². The van der Waals surface area contributed by atoms with Crippen LogP contribution < -0.4 is 5.32 Å². The molecule has 1 unspecified atom stereocenters. The zero-order valence-electron chi connectivity index (χ0n) is 10.8. The lowest BCUT2D eigenvalue weighted by Crippen LogP contribution is -2.35. The molecule has 1 aliphatic carbocycles. The van der Waals surface area contributed by atoms with Gasteiger partial charge in [-0.25, -0.2) is 0 Å². The number of nitrogens with one attached hydrogen (secondary N) is 1. The van der Waals surface area contributed by atoms with Crippen LogP contribution in [0.2, 0.25) is 0 Å². The summed E-state index contributed by atoms with van der Waals surface area (Å²) in [6.07, 6.45) is 5.37. The van der Waals surface area contributed by atoms with Gasteiger partial charge >= 0.3 is 0 Å². The van der Waals surface area contributed by atoms with E-state index in [2.05, 4.69) is 31.0 Å². The maximum atomic E-state index is 3.62. The van der Waals surface area contributed by atoms with Crippen LogP contribution in [0, 0.1) is 5.92 Å². The quantitative estimate of drug-likeness (QED) is 0.632. The van der Waals surface area contributed by atoms with E-state index in [1.165, 1.54) is 51.9 Å². The third kappa shape index (κ3) is 6.16. The molecule has 2 heteroatoms. The molecule has 0 radical (unpaired) electrons. The van der Waals surface area contributed by atoms with Crippen molar-refractivity contribution in [2.45, 2.75) is 52.5 Å². The summed E-state index contributed by atoms with van der Waals surface area (Å²) in [5, 5.41) is 3.62. The zero-order valence-corrected chi connectivity index (χ0v) is 10.8. The van der Waals surface area contributed by atoms with E-state index in [0.29, 0.717) is 0 Å². The van der Waals surface area contributed by atoms with Crippen molar-refractivity contribution in [2.75, 3.05) is 26.2 Å². The van der Waals surface area contributed by atoms with Gasteiger partial charge in [0.1, 0.15) is 0 Å². The number of hydrogen-bond acceptors (Lipinski definition) is 2. The number of hydrogen-bond donors (Lipinski definition) is 1. The van der Waals surface area contributed by atoms with Crippen LogP contribution in [-0.2, 0) is 0 Å². The number of nitrogens with zero attached hydrogens (tertiary/aromatic N) is 1. The maximum Gasteiger partial charge on any atom is 0.00683 e. The van der Waals surface area contributed by atoms with Gasteiger partial charge < -0.3 is 10.2 Å². The first kappa shape index (κ1) is 13.0. The van der Waals surface area contributed by atoms with Crippen LogP contribution in [0.25, 0.3) is 0 Å². The molecule has 2 nitrogen and oxygen atoms in total. The van der Waals surface area contributed by atoms with Crippen LogP contribution in [0.4, 0.5) is 0 Å². The molecule has 0 heterocycles. The third-order valence-corrected chi connectivity index (χ3v) is 2.98. The fourth-order valence-electron chi connectivity index (χ4n) is 2.09. The fourth-order valence-corrected chi connectivity index (χ4v) is 2.09. The topological polar surface area (TPSA) is 15.3 Å².